The Balaban J connectivity index is 0.000000526. The molecule has 1 aromatic rings. The summed E-state index contributed by atoms with van der Waals surface area (Å²) in [6, 6.07) is -1.01. The third-order valence-corrected chi connectivity index (χ3v) is 3.27. The van der Waals surface area contributed by atoms with Crippen LogP contribution in [0.4, 0.5) is 4.79 Å². The summed E-state index contributed by atoms with van der Waals surface area (Å²) in [5.41, 5.74) is 0.486. The van der Waals surface area contributed by atoms with E-state index < -0.39 is 18.1 Å². The molecule has 0 aromatic carbocycles. The second-order valence-corrected chi connectivity index (χ2v) is 5.44. The van der Waals surface area contributed by atoms with Crippen molar-refractivity contribution in [3.8, 4) is 0 Å². The van der Waals surface area contributed by atoms with Crippen molar-refractivity contribution in [1.82, 2.24) is 20.3 Å². The normalized spacial score (nSPS) is 17.4. The Morgan fingerprint density at radius 3 is 2.30 bits per heavy atom. The average Bonchev–Trinajstić information content (AvgIpc) is 3.38. The topological polar surface area (TPSA) is 106 Å². The summed E-state index contributed by atoms with van der Waals surface area (Å²) in [6.07, 6.45) is 18.7. The van der Waals surface area contributed by atoms with Gasteiger partial charge in [-0.05, 0) is 64.7 Å². The van der Waals surface area contributed by atoms with E-state index in [4.69, 9.17) is 9.84 Å². The Morgan fingerprint density at radius 1 is 1.15 bits per heavy atom. The van der Waals surface area contributed by atoms with Crippen molar-refractivity contribution in [3.63, 3.8) is 0 Å². The Morgan fingerprint density at radius 2 is 1.74 bits per heavy atom. The maximum Gasteiger partial charge on any atom is 2.00 e. The van der Waals surface area contributed by atoms with Crippen LogP contribution in [0.25, 0.3) is 0 Å². The van der Waals surface area contributed by atoms with Crippen molar-refractivity contribution in [2.45, 2.75) is 26.1 Å². The standard InChI is InChI=1S/C13H15N4O4.C5H5.Fe/c1-9(12(18)19)14-13(20)21-8-11-7-17(16-15-11)6-10-4-2-3-5-10;1-2-4-5-3-1;/h2-5,7,9H,6,8H2,1H3,(H,14,20)(H,18,19);1-5H;/q;;+2/t9-;;/m0../s1. The van der Waals surface area contributed by atoms with Crippen molar-refractivity contribution in [1.29, 1.82) is 0 Å². The fourth-order valence-corrected chi connectivity index (χ4v) is 1.93. The van der Waals surface area contributed by atoms with Crippen molar-refractivity contribution < 1.29 is 36.5 Å². The Labute approximate surface area is 170 Å². The zero-order valence-electron chi connectivity index (χ0n) is 14.6. The van der Waals surface area contributed by atoms with Gasteiger partial charge < -0.3 is 15.2 Å². The molecule has 8 nitrogen and oxygen atoms in total. The third-order valence-electron chi connectivity index (χ3n) is 3.27. The van der Waals surface area contributed by atoms with Gasteiger partial charge in [0.05, 0.1) is 6.20 Å². The molecule has 0 spiro atoms. The van der Waals surface area contributed by atoms with Gasteiger partial charge in [0.2, 0.25) is 0 Å². The van der Waals surface area contributed by atoms with E-state index in [9.17, 15) is 9.59 Å². The number of ether oxygens (including phenoxy) is 1. The van der Waals surface area contributed by atoms with Crippen LogP contribution in [0, 0.1) is 63.7 Å². The smallest absolute Gasteiger partial charge is 0.480 e. The van der Waals surface area contributed by atoms with Crippen LogP contribution in [0.5, 0.6) is 0 Å². The Kier molecular flexibility index (Phi) is 11.0. The molecule has 1 amide bonds. The number of carboxylic acids is 1. The molecule has 0 bridgehead atoms. The molecule has 2 aliphatic carbocycles. The van der Waals surface area contributed by atoms with Gasteiger partial charge >= 0.3 is 29.1 Å². The van der Waals surface area contributed by atoms with E-state index in [1.165, 1.54) is 6.92 Å². The molecule has 1 aromatic heterocycles. The molecule has 2 saturated carbocycles. The Hall–Kier alpha value is -1.60. The van der Waals surface area contributed by atoms with Gasteiger partial charge in [0, 0.05) is 12.5 Å². The molecular weight excluding hydrogens is 392 g/mol. The SMILES string of the molecule is C[C@H](NC(=O)OCc1cn(C[C]2[CH][CH][CH][CH]2)nn1)C(=O)O.[CH]1[CH][CH][CH][CH]1.[Fe+2]. The number of alkyl carbamates (subject to hydrolysis) is 1. The maximum atomic E-state index is 11.3. The van der Waals surface area contributed by atoms with E-state index in [0.29, 0.717) is 12.2 Å². The molecular formula is C18H20FeN4O4+2. The fraction of sp³-hybridized carbons (Fsp3) is 0.222. The second kappa shape index (κ2) is 12.7. The number of carbonyl (C=O) groups is 2. The molecule has 0 unspecified atom stereocenters. The molecule has 1 atom stereocenters. The molecule has 9 heteroatoms. The number of amides is 1. The molecule has 0 saturated heterocycles. The number of nitrogens with zero attached hydrogens (tertiary/aromatic N) is 3. The number of aliphatic carboxylic acids is 1. The van der Waals surface area contributed by atoms with Gasteiger partial charge in [-0.25, -0.2) is 4.79 Å². The first-order valence-electron chi connectivity index (χ1n) is 7.97. The molecule has 2 aliphatic rings. The van der Waals surface area contributed by atoms with Crippen LogP contribution in [0.1, 0.15) is 12.6 Å². The van der Waals surface area contributed by atoms with Crippen LogP contribution < -0.4 is 5.32 Å². The fourth-order valence-electron chi connectivity index (χ4n) is 1.93. The number of nitrogens with one attached hydrogen (secondary N) is 1. The van der Waals surface area contributed by atoms with Crippen molar-refractivity contribution in [2.75, 3.05) is 0 Å². The molecule has 0 aliphatic heterocycles. The van der Waals surface area contributed by atoms with Gasteiger partial charge in [-0.1, -0.05) is 5.21 Å². The largest absolute Gasteiger partial charge is 2.00 e. The van der Waals surface area contributed by atoms with Crippen LogP contribution >= 0.6 is 0 Å². The van der Waals surface area contributed by atoms with Crippen LogP contribution in [0.2, 0.25) is 0 Å². The van der Waals surface area contributed by atoms with Crippen molar-refractivity contribution in [2.24, 2.45) is 0 Å². The number of hydrogen-bond donors (Lipinski definition) is 2. The van der Waals surface area contributed by atoms with Crippen LogP contribution in [-0.4, -0.2) is 38.2 Å². The van der Waals surface area contributed by atoms with E-state index >= 15 is 0 Å². The predicted octanol–water partition coefficient (Wildman–Crippen LogP) is 1.40. The molecule has 2 N–H and O–H groups in total. The zero-order chi connectivity index (χ0) is 18.8. The van der Waals surface area contributed by atoms with E-state index in [2.05, 4.69) is 15.6 Å². The van der Waals surface area contributed by atoms with E-state index in [1.807, 2.05) is 57.8 Å². The minimum absolute atomic E-state index is 0. The maximum absolute atomic E-state index is 11.3. The van der Waals surface area contributed by atoms with Gasteiger partial charge in [-0.15, -0.1) is 5.10 Å². The number of hydrogen-bond acceptors (Lipinski definition) is 5. The summed E-state index contributed by atoms with van der Waals surface area (Å²) in [7, 11) is 0. The van der Waals surface area contributed by atoms with Crippen LogP contribution in [-0.2, 0) is 39.8 Å². The van der Waals surface area contributed by atoms with Gasteiger partial charge in [-0.2, -0.15) is 0 Å². The van der Waals surface area contributed by atoms with Crippen LogP contribution in [0.3, 0.4) is 0 Å². The zero-order valence-corrected chi connectivity index (χ0v) is 15.7. The van der Waals surface area contributed by atoms with Crippen molar-refractivity contribution in [3.05, 3.63) is 75.6 Å². The molecule has 142 valence electrons. The summed E-state index contributed by atoms with van der Waals surface area (Å²) < 4.78 is 6.50. The van der Waals surface area contributed by atoms with E-state index in [-0.39, 0.29) is 23.7 Å². The molecule has 3 rings (SSSR count). The molecule has 10 radical (unpaired) electrons. The summed E-state index contributed by atoms with van der Waals surface area (Å²) in [4.78, 5) is 21.9. The first-order valence-corrected chi connectivity index (χ1v) is 7.97. The van der Waals surface area contributed by atoms with Gasteiger partial charge in [-0.3, -0.25) is 9.48 Å². The van der Waals surface area contributed by atoms with Gasteiger partial charge in [0.25, 0.3) is 0 Å². The molecule has 2 fully saturated rings. The predicted molar refractivity (Wildman–Crippen MR) is 92.4 cm³/mol. The number of carboxylic acid groups (broad SMARTS) is 1. The molecule has 27 heavy (non-hydrogen) atoms. The van der Waals surface area contributed by atoms with Crippen molar-refractivity contribution >= 4 is 12.1 Å². The number of rotatable bonds is 6. The summed E-state index contributed by atoms with van der Waals surface area (Å²) in [5, 5.41) is 18.6. The first-order chi connectivity index (χ1) is 12.5. The Bertz CT molecular complexity index is 564. The minimum Gasteiger partial charge on any atom is -0.480 e. The van der Waals surface area contributed by atoms with Gasteiger partial charge in [0.1, 0.15) is 18.3 Å². The summed E-state index contributed by atoms with van der Waals surface area (Å²) in [6.45, 7) is 1.86. The average molecular weight is 412 g/mol. The van der Waals surface area contributed by atoms with Gasteiger partial charge in [0.15, 0.2) is 0 Å². The van der Waals surface area contributed by atoms with E-state index in [1.54, 1.807) is 10.9 Å². The number of carbonyl (C=O) groups excluding carboxylic acids is 1. The second-order valence-electron chi connectivity index (χ2n) is 5.44. The summed E-state index contributed by atoms with van der Waals surface area (Å²) >= 11 is 0. The van der Waals surface area contributed by atoms with E-state index in [0.717, 1.165) is 5.92 Å². The first kappa shape index (κ1) is 23.4. The monoisotopic (exact) mass is 412 g/mol. The minimum atomic E-state index is -1.13. The van der Waals surface area contributed by atoms with Crippen LogP contribution in [0.15, 0.2) is 6.20 Å². The molecule has 1 heterocycles. The third kappa shape index (κ3) is 9.24. The summed E-state index contributed by atoms with van der Waals surface area (Å²) in [5.74, 6) is -0.0343. The number of aromatic nitrogens is 3. The quantitative estimate of drug-likeness (QED) is 0.685.